The molecule has 0 radical (unpaired) electrons. The van der Waals surface area contributed by atoms with Crippen LogP contribution in [0.1, 0.15) is 135 Å². The Kier molecular flexibility index (Phi) is 33.9. The van der Waals surface area contributed by atoms with E-state index in [1.807, 2.05) is 0 Å². The molecule has 15 nitrogen and oxygen atoms in total. The number of hydrogen-bond donors (Lipinski definition) is 8. The average molecular weight is 780 g/mol. The zero-order valence-electron chi connectivity index (χ0n) is 30.8. The normalized spacial score (nSPS) is 12.2. The number of amides is 3. The molecule has 0 aromatic rings. The van der Waals surface area contributed by atoms with E-state index in [2.05, 4.69) is 32.9 Å². The molecule has 0 saturated heterocycles. The third-order valence-corrected chi connectivity index (χ3v) is 9.39. The fourth-order valence-corrected chi connectivity index (χ4v) is 6.28. The molecule has 8 N–H and O–H groups in total. The van der Waals surface area contributed by atoms with Crippen LogP contribution >= 0.6 is 24.8 Å². The van der Waals surface area contributed by atoms with Crippen molar-refractivity contribution in [3.63, 3.8) is 0 Å². The Morgan fingerprint density at radius 1 is 0.577 bits per heavy atom. The van der Waals surface area contributed by atoms with Gasteiger partial charge in [0.2, 0.25) is 22.8 Å². The number of rotatable bonds is 38. The van der Waals surface area contributed by atoms with Gasteiger partial charge in [0.25, 0.3) is 0 Å². The molecular weight excluding hydrogens is 715 g/mol. The molecule has 0 aliphatic heterocycles. The highest BCUT2D eigenvalue weighted by Gasteiger charge is 2.22. The van der Waals surface area contributed by atoms with E-state index < -0.39 is 29.9 Å². The van der Waals surface area contributed by atoms with Gasteiger partial charge in [-0.25, -0.2) is 4.72 Å². The van der Waals surface area contributed by atoms with Gasteiger partial charge in [0.1, 0.15) is 6.61 Å². The van der Waals surface area contributed by atoms with E-state index in [0.29, 0.717) is 63.9 Å². The monoisotopic (exact) mass is 779 g/mol. The fraction of sp³-hybridized carbons (Fsp3) is 0.829. The maximum atomic E-state index is 12.4. The van der Waals surface area contributed by atoms with Crippen LogP contribution in [0.5, 0.6) is 0 Å². The zero-order valence-corrected chi connectivity index (χ0v) is 32.6. The number of carboxylic acids is 2. The number of hydrogen-bond acceptors (Lipinski definition) is 12. The van der Waals surface area contributed by atoms with Crippen molar-refractivity contribution in [2.45, 2.75) is 147 Å². The molecule has 17 heteroatoms. The van der Waals surface area contributed by atoms with Gasteiger partial charge in [0, 0.05) is 32.4 Å². The van der Waals surface area contributed by atoms with E-state index in [4.69, 9.17) is 25.4 Å². The number of carboxylic acid groups (broad SMARTS) is 2. The maximum absolute atomic E-state index is 12.4. The molecule has 3 amide bonds. The number of primary amides is 1. The quantitative estimate of drug-likeness (QED) is 0.0251. The number of carbonyl (C=O) groups excluding carboxylic acids is 4. The Balaban J connectivity index is 3.58. The maximum Gasteiger partial charge on any atom is 0.303 e. The molecule has 0 aromatic heterocycles. The molecule has 0 rings (SSSR count). The summed E-state index contributed by atoms with van der Waals surface area (Å²) in [5.74, 6) is -2.75. The lowest BCUT2D eigenvalue weighted by atomic mass is 10.0. The summed E-state index contributed by atoms with van der Waals surface area (Å²) in [5.41, 5.74) is 5.26. The van der Waals surface area contributed by atoms with Crippen LogP contribution in [0.15, 0.2) is 0 Å². The molecule has 0 aliphatic carbocycles. The van der Waals surface area contributed by atoms with E-state index in [-0.39, 0.29) is 49.4 Å². The minimum Gasteiger partial charge on any atom is -0.481 e. The molecule has 0 aromatic carbocycles. The van der Waals surface area contributed by atoms with Crippen LogP contribution in [0.3, 0.4) is 0 Å². The number of nitrogens with two attached hydrogens (primary N) is 1. The summed E-state index contributed by atoms with van der Waals surface area (Å²) in [7, 11) is 0. The van der Waals surface area contributed by atoms with E-state index in [1.165, 1.54) is 51.4 Å². The first-order chi connectivity index (χ1) is 25.1. The zero-order chi connectivity index (χ0) is 38.7. The molecule has 0 heterocycles. The molecule has 2 unspecified atom stereocenters. The van der Waals surface area contributed by atoms with E-state index in [1.54, 1.807) is 0 Å². The van der Waals surface area contributed by atoms with Gasteiger partial charge in [0.05, 0.1) is 31.9 Å². The van der Waals surface area contributed by atoms with Gasteiger partial charge in [-0.05, 0) is 50.5 Å². The molecule has 0 fully saturated rings. The summed E-state index contributed by atoms with van der Waals surface area (Å²) in [5, 5.41) is 22.7. The lowest BCUT2D eigenvalue weighted by molar-refractivity contribution is -0.138. The SMILES string of the molecule is NC(=O)C(CCC(=O)O)NSC(=O)C(CCCCNC(=O)COCCOCCNC(=O)CCCCCCCCCCCCCCCCC(=O)O)NS. The first-order valence-corrected chi connectivity index (χ1v) is 20.1. The first-order valence-electron chi connectivity index (χ1n) is 18.8. The summed E-state index contributed by atoms with van der Waals surface area (Å²) in [6.07, 6.45) is 18.2. The Morgan fingerprint density at radius 3 is 1.63 bits per heavy atom. The summed E-state index contributed by atoms with van der Waals surface area (Å²) in [6.45, 7) is 1.63. The second-order valence-electron chi connectivity index (χ2n) is 12.8. The van der Waals surface area contributed by atoms with Crippen molar-refractivity contribution in [1.29, 1.82) is 0 Å². The van der Waals surface area contributed by atoms with Crippen molar-refractivity contribution >= 4 is 59.5 Å². The first kappa shape index (κ1) is 49.6. The highest BCUT2D eigenvalue weighted by molar-refractivity contribution is 8.12. The minimum atomic E-state index is -1.07. The number of thiol groups is 1. The van der Waals surface area contributed by atoms with Gasteiger partial charge in [-0.1, -0.05) is 89.9 Å². The van der Waals surface area contributed by atoms with Crippen molar-refractivity contribution in [1.82, 2.24) is 20.1 Å². The molecule has 52 heavy (non-hydrogen) atoms. The number of aliphatic carboxylic acids is 2. The number of carbonyl (C=O) groups is 6. The largest absolute Gasteiger partial charge is 0.481 e. The standard InChI is InChI=1S/C35H65N5O10S2/c36-34(47)28(20-21-33(45)46)40-52-35(48)29(39-51)17-15-16-22-37-31(42)27-50-26-25-49-24-23-38-30(41)18-13-11-9-7-5-3-1-2-4-6-8-10-12-14-19-32(43)44/h28-29,39-40,51H,1-27H2,(H2,36,47)(H,37,42)(H,38,41)(H,43,44)(H,45,46). The van der Waals surface area contributed by atoms with Crippen LogP contribution in [0.4, 0.5) is 0 Å². The van der Waals surface area contributed by atoms with Crippen LogP contribution in [-0.2, 0) is 38.2 Å². The smallest absolute Gasteiger partial charge is 0.303 e. The van der Waals surface area contributed by atoms with Gasteiger partial charge >= 0.3 is 11.9 Å². The third-order valence-electron chi connectivity index (χ3n) is 8.19. The summed E-state index contributed by atoms with van der Waals surface area (Å²) in [6, 6.07) is -1.58. The molecule has 0 aliphatic rings. The fourth-order valence-electron chi connectivity index (χ4n) is 5.13. The molecule has 2 atom stereocenters. The number of unbranched alkanes of at least 4 members (excludes halogenated alkanes) is 14. The van der Waals surface area contributed by atoms with Crippen molar-refractivity contribution in [2.75, 3.05) is 39.5 Å². The summed E-state index contributed by atoms with van der Waals surface area (Å²) < 4.78 is 16.0. The lowest BCUT2D eigenvalue weighted by Gasteiger charge is -2.17. The second-order valence-corrected chi connectivity index (χ2v) is 13.9. The Hall–Kier alpha value is -2.44. The highest BCUT2D eigenvalue weighted by Crippen LogP contribution is 2.14. The van der Waals surface area contributed by atoms with Crippen LogP contribution in [0.25, 0.3) is 0 Å². The molecule has 0 saturated carbocycles. The molecular formula is C35H65N5O10S2. The van der Waals surface area contributed by atoms with Gasteiger partial charge in [-0.15, -0.1) is 0 Å². The Labute approximate surface area is 319 Å². The minimum absolute atomic E-state index is 0.0293. The summed E-state index contributed by atoms with van der Waals surface area (Å²) >= 11 is 4.67. The predicted molar refractivity (Wildman–Crippen MR) is 205 cm³/mol. The van der Waals surface area contributed by atoms with Crippen molar-refractivity contribution in [3.8, 4) is 0 Å². The van der Waals surface area contributed by atoms with E-state index >= 15 is 0 Å². The van der Waals surface area contributed by atoms with E-state index in [0.717, 1.165) is 38.5 Å². The third kappa shape index (κ3) is 33.4. The molecule has 0 spiro atoms. The Bertz CT molecular complexity index is 996. The average Bonchev–Trinajstić information content (AvgIpc) is 3.10. The molecule has 0 bridgehead atoms. The van der Waals surface area contributed by atoms with Gasteiger partial charge in [-0.2, -0.15) is 0 Å². The Morgan fingerprint density at radius 2 is 1.10 bits per heavy atom. The van der Waals surface area contributed by atoms with Gasteiger partial charge < -0.3 is 36.1 Å². The lowest BCUT2D eigenvalue weighted by Crippen LogP contribution is -2.40. The number of nitrogens with one attached hydrogen (secondary N) is 4. The van der Waals surface area contributed by atoms with Gasteiger partial charge in [0.15, 0.2) is 0 Å². The highest BCUT2D eigenvalue weighted by atomic mass is 32.2. The predicted octanol–water partition coefficient (Wildman–Crippen LogP) is 4.03. The second kappa shape index (κ2) is 35.6. The van der Waals surface area contributed by atoms with Crippen molar-refractivity contribution < 1.29 is 48.5 Å². The van der Waals surface area contributed by atoms with Crippen LogP contribution in [-0.4, -0.2) is 96.6 Å². The van der Waals surface area contributed by atoms with Gasteiger partial charge in [-0.3, -0.25) is 33.5 Å². The topological polar surface area (TPSA) is 235 Å². The van der Waals surface area contributed by atoms with Crippen LogP contribution in [0.2, 0.25) is 0 Å². The van der Waals surface area contributed by atoms with Crippen molar-refractivity contribution in [2.24, 2.45) is 5.73 Å². The number of ether oxygens (including phenoxy) is 2. The van der Waals surface area contributed by atoms with Crippen LogP contribution < -0.4 is 25.8 Å². The van der Waals surface area contributed by atoms with Crippen LogP contribution in [0, 0.1) is 0 Å². The molecule has 302 valence electrons. The van der Waals surface area contributed by atoms with Crippen molar-refractivity contribution in [3.05, 3.63) is 0 Å². The van der Waals surface area contributed by atoms with E-state index in [9.17, 15) is 28.8 Å². The summed E-state index contributed by atoms with van der Waals surface area (Å²) in [4.78, 5) is 69.1.